The van der Waals surface area contributed by atoms with Gasteiger partial charge in [-0.2, -0.15) is 0 Å². The van der Waals surface area contributed by atoms with Crippen molar-refractivity contribution >= 4 is 63.7 Å². The molecule has 3 rings (SSSR count). The summed E-state index contributed by atoms with van der Waals surface area (Å²) >= 11 is 24.4. The molecule has 1 N–H and O–H groups in total. The molecule has 2 aromatic rings. The molecule has 150 valence electrons. The first-order valence-electron chi connectivity index (χ1n) is 8.94. The van der Waals surface area contributed by atoms with Crippen LogP contribution in [-0.4, -0.2) is 43.5 Å². The van der Waals surface area contributed by atoms with Crippen LogP contribution >= 0.6 is 46.4 Å². The Morgan fingerprint density at radius 1 is 1.00 bits per heavy atom. The van der Waals surface area contributed by atoms with E-state index < -0.39 is 0 Å². The van der Waals surface area contributed by atoms with Crippen LogP contribution in [0.3, 0.4) is 0 Å². The number of anilines is 2. The summed E-state index contributed by atoms with van der Waals surface area (Å²) in [6.07, 6.45) is 0. The van der Waals surface area contributed by atoms with Gasteiger partial charge in [0.25, 0.3) is 0 Å². The van der Waals surface area contributed by atoms with Crippen LogP contribution in [0.4, 0.5) is 11.4 Å². The van der Waals surface area contributed by atoms with Crippen molar-refractivity contribution < 1.29 is 4.79 Å². The lowest BCUT2D eigenvalue weighted by molar-refractivity contribution is -0.117. The van der Waals surface area contributed by atoms with E-state index in [2.05, 4.69) is 47.2 Å². The lowest BCUT2D eigenvalue weighted by Crippen LogP contribution is -2.48. The molecule has 2 aromatic carbocycles. The normalized spacial score (nSPS) is 15.0. The number of carbonyl (C=O) groups excluding carboxylic acids is 1. The van der Waals surface area contributed by atoms with E-state index in [-0.39, 0.29) is 38.2 Å². The molecule has 4 nitrogen and oxygen atoms in total. The number of rotatable bonds is 4. The summed E-state index contributed by atoms with van der Waals surface area (Å²) in [7, 11) is 0. The summed E-state index contributed by atoms with van der Waals surface area (Å²) < 4.78 is 0. The Hall–Kier alpha value is -1.17. The third-order valence-corrected chi connectivity index (χ3v) is 6.61. The van der Waals surface area contributed by atoms with Crippen LogP contribution in [0.25, 0.3) is 0 Å². The second-order valence-corrected chi connectivity index (χ2v) is 8.44. The van der Waals surface area contributed by atoms with E-state index in [0.717, 1.165) is 26.2 Å². The molecule has 1 heterocycles. The second kappa shape index (κ2) is 9.10. The Morgan fingerprint density at radius 3 is 2.21 bits per heavy atom. The highest BCUT2D eigenvalue weighted by molar-refractivity contribution is 6.50. The minimum absolute atomic E-state index is 0.184. The number of aryl methyl sites for hydroxylation is 1. The largest absolute Gasteiger partial charge is 0.369 e. The van der Waals surface area contributed by atoms with E-state index in [9.17, 15) is 4.79 Å². The van der Waals surface area contributed by atoms with Gasteiger partial charge in [0.2, 0.25) is 5.91 Å². The van der Waals surface area contributed by atoms with Crippen molar-refractivity contribution in [1.82, 2.24) is 4.90 Å². The highest BCUT2D eigenvalue weighted by Crippen LogP contribution is 2.41. The van der Waals surface area contributed by atoms with Gasteiger partial charge in [-0.1, -0.05) is 58.5 Å². The number of piperazine rings is 1. The molecule has 0 aromatic heterocycles. The lowest BCUT2D eigenvalue weighted by Gasteiger charge is -2.36. The van der Waals surface area contributed by atoms with Crippen molar-refractivity contribution in [2.24, 2.45) is 0 Å². The SMILES string of the molecule is Cc1cccc(N2CCN(CC(=O)Nc3c(Cl)c(Cl)cc(Cl)c3Cl)CC2)c1C. The van der Waals surface area contributed by atoms with Crippen LogP contribution in [0.1, 0.15) is 11.1 Å². The summed E-state index contributed by atoms with van der Waals surface area (Å²) in [5.74, 6) is -0.206. The highest BCUT2D eigenvalue weighted by atomic mass is 35.5. The number of carbonyl (C=O) groups is 1. The van der Waals surface area contributed by atoms with E-state index in [4.69, 9.17) is 46.4 Å². The molecule has 8 heteroatoms. The maximum absolute atomic E-state index is 12.5. The lowest BCUT2D eigenvalue weighted by atomic mass is 10.1. The minimum Gasteiger partial charge on any atom is -0.369 e. The van der Waals surface area contributed by atoms with Gasteiger partial charge in [-0.25, -0.2) is 0 Å². The number of nitrogens with zero attached hydrogens (tertiary/aromatic N) is 2. The number of hydrogen-bond acceptors (Lipinski definition) is 3. The molecular weight excluding hydrogens is 440 g/mol. The van der Waals surface area contributed by atoms with Crippen LogP contribution in [0.2, 0.25) is 20.1 Å². The summed E-state index contributed by atoms with van der Waals surface area (Å²) in [4.78, 5) is 17.0. The zero-order valence-electron chi connectivity index (χ0n) is 15.7. The Labute approximate surface area is 185 Å². The molecule has 0 aliphatic carbocycles. The van der Waals surface area contributed by atoms with Gasteiger partial charge in [-0.3, -0.25) is 9.69 Å². The van der Waals surface area contributed by atoms with Crippen molar-refractivity contribution in [3.05, 3.63) is 55.5 Å². The summed E-state index contributed by atoms with van der Waals surface area (Å²) in [6.45, 7) is 7.82. The van der Waals surface area contributed by atoms with Crippen molar-refractivity contribution in [2.75, 3.05) is 42.9 Å². The van der Waals surface area contributed by atoms with Gasteiger partial charge in [0.05, 0.1) is 32.3 Å². The number of halogens is 4. The van der Waals surface area contributed by atoms with Crippen LogP contribution in [0, 0.1) is 13.8 Å². The zero-order valence-corrected chi connectivity index (χ0v) is 18.7. The molecule has 0 atom stereocenters. The molecule has 1 aliphatic heterocycles. The maximum Gasteiger partial charge on any atom is 0.238 e. The quantitative estimate of drug-likeness (QED) is 0.596. The van der Waals surface area contributed by atoms with E-state index in [1.807, 2.05) is 0 Å². The molecule has 1 fully saturated rings. The van der Waals surface area contributed by atoms with E-state index in [1.165, 1.54) is 22.9 Å². The van der Waals surface area contributed by atoms with Crippen molar-refractivity contribution in [3.8, 4) is 0 Å². The Balaban J connectivity index is 1.60. The predicted molar refractivity (Wildman–Crippen MR) is 120 cm³/mol. The molecule has 0 bridgehead atoms. The topological polar surface area (TPSA) is 35.6 Å². The van der Waals surface area contributed by atoms with Crippen LogP contribution in [0.5, 0.6) is 0 Å². The molecule has 1 amide bonds. The average Bonchev–Trinajstić information content (AvgIpc) is 2.66. The molecule has 0 radical (unpaired) electrons. The van der Waals surface area contributed by atoms with Gasteiger partial charge >= 0.3 is 0 Å². The van der Waals surface area contributed by atoms with E-state index in [1.54, 1.807) is 0 Å². The van der Waals surface area contributed by atoms with Gasteiger partial charge < -0.3 is 10.2 Å². The number of benzene rings is 2. The van der Waals surface area contributed by atoms with Crippen molar-refractivity contribution in [1.29, 1.82) is 0 Å². The van der Waals surface area contributed by atoms with Gasteiger partial charge in [-0.15, -0.1) is 0 Å². The average molecular weight is 461 g/mol. The minimum atomic E-state index is -0.206. The van der Waals surface area contributed by atoms with Gasteiger partial charge in [0.15, 0.2) is 0 Å². The van der Waals surface area contributed by atoms with Crippen molar-refractivity contribution in [3.63, 3.8) is 0 Å². The third kappa shape index (κ3) is 4.69. The maximum atomic E-state index is 12.5. The smallest absolute Gasteiger partial charge is 0.238 e. The Bertz CT molecular complexity index is 869. The first-order chi connectivity index (χ1) is 13.3. The van der Waals surface area contributed by atoms with Crippen LogP contribution in [0.15, 0.2) is 24.3 Å². The van der Waals surface area contributed by atoms with Crippen LogP contribution in [-0.2, 0) is 4.79 Å². The fraction of sp³-hybridized carbons (Fsp3) is 0.350. The number of amides is 1. The molecule has 0 spiro atoms. The van der Waals surface area contributed by atoms with E-state index in [0.29, 0.717) is 0 Å². The number of hydrogen-bond donors (Lipinski definition) is 1. The Morgan fingerprint density at radius 2 is 1.61 bits per heavy atom. The molecule has 1 saturated heterocycles. The monoisotopic (exact) mass is 459 g/mol. The first-order valence-corrected chi connectivity index (χ1v) is 10.5. The fourth-order valence-electron chi connectivity index (χ4n) is 3.29. The predicted octanol–water partition coefficient (Wildman–Crippen LogP) is 5.68. The van der Waals surface area contributed by atoms with Crippen molar-refractivity contribution in [2.45, 2.75) is 13.8 Å². The van der Waals surface area contributed by atoms with Crippen LogP contribution < -0.4 is 10.2 Å². The third-order valence-electron chi connectivity index (χ3n) is 5.03. The summed E-state index contributed by atoms with van der Waals surface area (Å²) in [5.41, 5.74) is 4.10. The van der Waals surface area contributed by atoms with Gasteiger partial charge in [0.1, 0.15) is 0 Å². The molecule has 0 saturated carbocycles. The standard InChI is InChI=1S/C20H21Cl4N3O/c1-12-4-3-5-16(13(12)2)27-8-6-26(7-9-27)11-17(28)25-20-18(23)14(21)10-15(22)19(20)24/h3-5,10H,6-9,11H2,1-2H3,(H,25,28). The highest BCUT2D eigenvalue weighted by Gasteiger charge is 2.22. The molecule has 0 unspecified atom stereocenters. The second-order valence-electron chi connectivity index (χ2n) is 6.87. The number of nitrogens with one attached hydrogen (secondary N) is 1. The molecular formula is C20H21Cl4N3O. The summed E-state index contributed by atoms with van der Waals surface area (Å²) in [6, 6.07) is 7.81. The zero-order chi connectivity index (χ0) is 20.4. The van der Waals surface area contributed by atoms with E-state index >= 15 is 0 Å². The van der Waals surface area contributed by atoms with Gasteiger partial charge in [0, 0.05) is 31.9 Å². The molecule has 1 aliphatic rings. The Kier molecular flexibility index (Phi) is 7.00. The molecule has 28 heavy (non-hydrogen) atoms. The van der Waals surface area contributed by atoms with Gasteiger partial charge in [-0.05, 0) is 37.1 Å². The first kappa shape index (κ1) is 21.5. The fourth-order valence-corrected chi connectivity index (χ4v) is 4.19. The summed E-state index contributed by atoms with van der Waals surface area (Å²) in [5, 5.41) is 3.60.